The summed E-state index contributed by atoms with van der Waals surface area (Å²) in [7, 11) is -6.57. The second-order valence-corrected chi connectivity index (χ2v) is 11.6. The maximum Gasteiger partial charge on any atom is 0.241 e. The molecule has 1 aromatic rings. The molecule has 8 nitrogen and oxygen atoms in total. The summed E-state index contributed by atoms with van der Waals surface area (Å²) in [4.78, 5) is 14.3. The van der Waals surface area contributed by atoms with Crippen LogP contribution < -0.4 is 5.32 Å². The lowest BCUT2D eigenvalue weighted by molar-refractivity contribution is -0.130. The Hall–Kier alpha value is -1.65. The van der Waals surface area contributed by atoms with E-state index in [4.69, 9.17) is 0 Å². The van der Waals surface area contributed by atoms with Gasteiger partial charge >= 0.3 is 0 Å². The Bertz CT molecular complexity index is 916. The standard InChI is InChI=1S/C18H27N3O5S2/c1-27(23,24)21-11-9-20(10-12-21)18(22)14-19-15-5-4-8-17(13-15)28(25,26)16-6-2-3-7-16/h4-5,8,13,16,19H,2-3,6-7,9-12,14H2,1H3. The van der Waals surface area contributed by atoms with Gasteiger partial charge in [0.25, 0.3) is 0 Å². The minimum absolute atomic E-state index is 0.0335. The van der Waals surface area contributed by atoms with Gasteiger partial charge < -0.3 is 10.2 Å². The molecule has 0 spiro atoms. The summed E-state index contributed by atoms with van der Waals surface area (Å²) in [5.74, 6) is -0.141. The van der Waals surface area contributed by atoms with E-state index in [1.54, 1.807) is 29.2 Å². The summed E-state index contributed by atoms with van der Waals surface area (Å²) in [6.07, 6.45) is 4.47. The van der Waals surface area contributed by atoms with Gasteiger partial charge in [-0.2, -0.15) is 4.31 Å². The van der Waals surface area contributed by atoms with Crippen LogP contribution in [0.2, 0.25) is 0 Å². The number of carbonyl (C=O) groups is 1. The molecule has 1 saturated carbocycles. The molecule has 2 aliphatic rings. The fourth-order valence-corrected chi connectivity index (χ4v) is 6.46. The van der Waals surface area contributed by atoms with Crippen molar-refractivity contribution in [2.24, 2.45) is 0 Å². The van der Waals surface area contributed by atoms with Crippen LogP contribution >= 0.6 is 0 Å². The van der Waals surface area contributed by atoms with E-state index in [1.165, 1.54) is 10.6 Å². The Balaban J connectivity index is 1.57. The maximum atomic E-state index is 12.7. The van der Waals surface area contributed by atoms with Gasteiger partial charge in [0.05, 0.1) is 22.9 Å². The number of amides is 1. The first-order chi connectivity index (χ1) is 13.2. The van der Waals surface area contributed by atoms with Gasteiger partial charge in [0.15, 0.2) is 9.84 Å². The van der Waals surface area contributed by atoms with Crippen molar-refractivity contribution < 1.29 is 21.6 Å². The fourth-order valence-electron chi connectivity index (χ4n) is 3.73. The Kier molecular flexibility index (Phi) is 6.31. The van der Waals surface area contributed by atoms with E-state index in [0.29, 0.717) is 49.6 Å². The van der Waals surface area contributed by atoms with Crippen LogP contribution in [-0.2, 0) is 24.7 Å². The SMILES string of the molecule is CS(=O)(=O)N1CCN(C(=O)CNc2cccc(S(=O)(=O)C3CCCC3)c2)CC1. The molecule has 0 atom stereocenters. The van der Waals surface area contributed by atoms with Crippen molar-refractivity contribution in [3.8, 4) is 0 Å². The number of nitrogens with zero attached hydrogens (tertiary/aromatic N) is 2. The molecule has 10 heteroatoms. The number of anilines is 1. The molecule has 1 aliphatic heterocycles. The molecule has 1 saturated heterocycles. The zero-order valence-corrected chi connectivity index (χ0v) is 17.6. The van der Waals surface area contributed by atoms with Crippen molar-refractivity contribution >= 4 is 31.5 Å². The summed E-state index contributed by atoms with van der Waals surface area (Å²) >= 11 is 0. The van der Waals surface area contributed by atoms with E-state index in [1.807, 2.05) is 0 Å². The molecular weight excluding hydrogens is 402 g/mol. The second-order valence-electron chi connectivity index (χ2n) is 7.38. The summed E-state index contributed by atoms with van der Waals surface area (Å²) in [5, 5.41) is 2.69. The number of hydrogen-bond acceptors (Lipinski definition) is 6. The summed E-state index contributed by atoms with van der Waals surface area (Å²) in [5.41, 5.74) is 0.585. The number of hydrogen-bond donors (Lipinski definition) is 1. The van der Waals surface area contributed by atoms with Crippen molar-refractivity contribution in [2.75, 3.05) is 44.3 Å². The van der Waals surface area contributed by atoms with E-state index in [0.717, 1.165) is 12.8 Å². The predicted octanol–water partition coefficient (Wildman–Crippen LogP) is 0.919. The van der Waals surface area contributed by atoms with Crippen molar-refractivity contribution in [1.29, 1.82) is 0 Å². The van der Waals surface area contributed by atoms with Crippen molar-refractivity contribution in [3.05, 3.63) is 24.3 Å². The zero-order valence-electron chi connectivity index (χ0n) is 16.0. The lowest BCUT2D eigenvalue weighted by Crippen LogP contribution is -2.51. The Labute approximate surface area is 166 Å². The van der Waals surface area contributed by atoms with Crippen LogP contribution in [0.15, 0.2) is 29.2 Å². The highest BCUT2D eigenvalue weighted by Crippen LogP contribution is 2.30. The minimum Gasteiger partial charge on any atom is -0.376 e. The highest BCUT2D eigenvalue weighted by molar-refractivity contribution is 7.92. The molecule has 2 fully saturated rings. The molecule has 0 radical (unpaired) electrons. The van der Waals surface area contributed by atoms with E-state index < -0.39 is 19.9 Å². The number of rotatable bonds is 6. The molecule has 1 aliphatic carbocycles. The number of benzene rings is 1. The van der Waals surface area contributed by atoms with E-state index >= 15 is 0 Å². The van der Waals surface area contributed by atoms with Gasteiger partial charge in [0.1, 0.15) is 0 Å². The van der Waals surface area contributed by atoms with Gasteiger partial charge in [-0.3, -0.25) is 4.79 Å². The third-order valence-electron chi connectivity index (χ3n) is 5.41. The Morgan fingerprint density at radius 2 is 1.71 bits per heavy atom. The van der Waals surface area contributed by atoms with Crippen LogP contribution in [0.5, 0.6) is 0 Å². The van der Waals surface area contributed by atoms with Crippen LogP contribution in [0.3, 0.4) is 0 Å². The molecule has 3 rings (SSSR count). The van der Waals surface area contributed by atoms with E-state index in [9.17, 15) is 21.6 Å². The number of carbonyl (C=O) groups excluding carboxylic acids is 1. The summed E-state index contributed by atoms with van der Waals surface area (Å²) < 4.78 is 49.9. The summed E-state index contributed by atoms with van der Waals surface area (Å²) in [6.45, 7) is 1.32. The molecule has 28 heavy (non-hydrogen) atoms. The van der Waals surface area contributed by atoms with Crippen molar-refractivity contribution in [1.82, 2.24) is 9.21 Å². The first kappa shape index (κ1) is 21.1. The van der Waals surface area contributed by atoms with Crippen LogP contribution in [0, 0.1) is 0 Å². The number of sulfone groups is 1. The van der Waals surface area contributed by atoms with Crippen LogP contribution in [-0.4, -0.2) is 76.2 Å². The first-order valence-electron chi connectivity index (χ1n) is 9.48. The molecular formula is C18H27N3O5S2. The highest BCUT2D eigenvalue weighted by atomic mass is 32.2. The molecule has 1 heterocycles. The lowest BCUT2D eigenvalue weighted by Gasteiger charge is -2.33. The number of nitrogens with one attached hydrogen (secondary N) is 1. The predicted molar refractivity (Wildman–Crippen MR) is 107 cm³/mol. The molecule has 1 aromatic carbocycles. The first-order valence-corrected chi connectivity index (χ1v) is 12.9. The van der Waals surface area contributed by atoms with Crippen molar-refractivity contribution in [2.45, 2.75) is 35.8 Å². The fraction of sp³-hybridized carbons (Fsp3) is 0.611. The van der Waals surface area contributed by atoms with Gasteiger partial charge in [0.2, 0.25) is 15.9 Å². The Morgan fingerprint density at radius 1 is 1.07 bits per heavy atom. The van der Waals surface area contributed by atoms with E-state index in [-0.39, 0.29) is 17.7 Å². The van der Waals surface area contributed by atoms with Crippen LogP contribution in [0.25, 0.3) is 0 Å². The third kappa shape index (κ3) is 4.84. The number of sulfonamides is 1. The molecule has 0 bridgehead atoms. The van der Waals surface area contributed by atoms with Gasteiger partial charge in [0, 0.05) is 31.9 Å². The normalized spacial score (nSPS) is 19.7. The zero-order chi connectivity index (χ0) is 20.4. The minimum atomic E-state index is -3.34. The molecule has 1 amide bonds. The molecule has 1 N–H and O–H groups in total. The van der Waals surface area contributed by atoms with Crippen LogP contribution in [0.4, 0.5) is 5.69 Å². The summed E-state index contributed by atoms with van der Waals surface area (Å²) in [6, 6.07) is 6.61. The van der Waals surface area contributed by atoms with Gasteiger partial charge in [-0.15, -0.1) is 0 Å². The highest BCUT2D eigenvalue weighted by Gasteiger charge is 2.30. The monoisotopic (exact) mass is 429 g/mol. The van der Waals surface area contributed by atoms with Gasteiger partial charge in [-0.25, -0.2) is 16.8 Å². The quantitative estimate of drug-likeness (QED) is 0.721. The molecule has 0 aromatic heterocycles. The van der Waals surface area contributed by atoms with Gasteiger partial charge in [-0.05, 0) is 31.0 Å². The lowest BCUT2D eigenvalue weighted by atomic mass is 10.3. The largest absolute Gasteiger partial charge is 0.376 e. The second kappa shape index (κ2) is 8.38. The van der Waals surface area contributed by atoms with Gasteiger partial charge in [-0.1, -0.05) is 18.9 Å². The molecule has 0 unspecified atom stereocenters. The third-order valence-corrected chi connectivity index (χ3v) is 8.97. The average Bonchev–Trinajstić information content (AvgIpc) is 3.21. The molecule has 156 valence electrons. The Morgan fingerprint density at radius 3 is 2.32 bits per heavy atom. The van der Waals surface area contributed by atoms with E-state index in [2.05, 4.69) is 5.32 Å². The van der Waals surface area contributed by atoms with Crippen molar-refractivity contribution in [3.63, 3.8) is 0 Å². The smallest absolute Gasteiger partial charge is 0.241 e. The number of piperazine rings is 1. The average molecular weight is 430 g/mol. The maximum absolute atomic E-state index is 12.7. The van der Waals surface area contributed by atoms with Crippen LogP contribution in [0.1, 0.15) is 25.7 Å². The topological polar surface area (TPSA) is 104 Å².